The highest BCUT2D eigenvalue weighted by Gasteiger charge is 2.34. The molecule has 0 radical (unpaired) electrons. The number of fused-ring (bicyclic) bond motifs is 1. The summed E-state index contributed by atoms with van der Waals surface area (Å²) in [4.78, 5) is 40.8. The lowest BCUT2D eigenvalue weighted by molar-refractivity contribution is 0.0929. The Hall–Kier alpha value is -2.80. The molecular weight excluding hydrogens is 380 g/mol. The Labute approximate surface area is 168 Å². The Bertz CT molecular complexity index is 1050. The molecule has 148 valence electrons. The molecule has 1 aliphatic heterocycles. The van der Waals surface area contributed by atoms with Crippen molar-refractivity contribution in [2.75, 3.05) is 22.5 Å². The third-order valence-electron chi connectivity index (χ3n) is 4.83. The normalized spacial score (nSPS) is 14.0. The van der Waals surface area contributed by atoms with E-state index in [-0.39, 0.29) is 12.5 Å². The fourth-order valence-corrected chi connectivity index (χ4v) is 3.62. The van der Waals surface area contributed by atoms with Crippen molar-refractivity contribution in [3.8, 4) is 0 Å². The Morgan fingerprint density at radius 1 is 1.21 bits per heavy atom. The van der Waals surface area contributed by atoms with E-state index in [0.29, 0.717) is 23.6 Å². The maximum Gasteiger partial charge on any atom is 0.333 e. The Morgan fingerprint density at radius 3 is 2.46 bits per heavy atom. The zero-order valence-electron chi connectivity index (χ0n) is 16.3. The number of anilines is 2. The minimum absolute atomic E-state index is 0.272. The van der Waals surface area contributed by atoms with Crippen LogP contribution in [0.4, 0.5) is 11.5 Å². The average Bonchev–Trinajstić information content (AvgIpc) is 3.01. The monoisotopic (exact) mass is 402 g/mol. The van der Waals surface area contributed by atoms with Gasteiger partial charge in [0.1, 0.15) is 18.4 Å². The predicted octanol–water partition coefficient (Wildman–Crippen LogP) is 2.69. The van der Waals surface area contributed by atoms with Crippen molar-refractivity contribution in [3.63, 3.8) is 0 Å². The minimum Gasteiger partial charge on any atom is -0.341 e. The van der Waals surface area contributed by atoms with E-state index in [2.05, 4.69) is 0 Å². The van der Waals surface area contributed by atoms with Gasteiger partial charge in [0, 0.05) is 30.9 Å². The number of rotatable bonds is 5. The summed E-state index contributed by atoms with van der Waals surface area (Å²) in [6.45, 7) is 6.25. The van der Waals surface area contributed by atoms with Crippen molar-refractivity contribution in [3.05, 3.63) is 68.4 Å². The van der Waals surface area contributed by atoms with E-state index < -0.39 is 17.3 Å². The second-order valence-electron chi connectivity index (χ2n) is 7.10. The van der Waals surface area contributed by atoms with Crippen LogP contribution in [0.3, 0.4) is 0 Å². The van der Waals surface area contributed by atoms with E-state index >= 15 is 0 Å². The summed E-state index contributed by atoms with van der Waals surface area (Å²) >= 11 is 6.29. The van der Waals surface area contributed by atoms with Gasteiger partial charge in [0.2, 0.25) is 0 Å². The fourth-order valence-electron chi connectivity index (χ4n) is 3.29. The van der Waals surface area contributed by atoms with Crippen molar-refractivity contribution in [1.29, 1.82) is 0 Å². The van der Waals surface area contributed by atoms with Crippen molar-refractivity contribution in [1.82, 2.24) is 9.13 Å². The summed E-state index contributed by atoms with van der Waals surface area (Å²) in [6.07, 6.45) is 1.98. The molecule has 0 saturated carbocycles. The maximum absolute atomic E-state index is 13.3. The van der Waals surface area contributed by atoms with E-state index in [0.717, 1.165) is 10.1 Å². The summed E-state index contributed by atoms with van der Waals surface area (Å²) < 4.78 is 3.69. The third kappa shape index (κ3) is 3.38. The molecule has 8 heteroatoms. The van der Waals surface area contributed by atoms with Crippen LogP contribution in [0.15, 0.2) is 51.6 Å². The van der Waals surface area contributed by atoms with Crippen molar-refractivity contribution in [2.24, 2.45) is 7.05 Å². The van der Waals surface area contributed by atoms with Gasteiger partial charge in [-0.3, -0.25) is 14.2 Å². The predicted molar refractivity (Wildman–Crippen MR) is 111 cm³/mol. The molecule has 1 aromatic heterocycles. The van der Waals surface area contributed by atoms with Gasteiger partial charge in [-0.2, -0.15) is 0 Å². The largest absolute Gasteiger partial charge is 0.341 e. The van der Waals surface area contributed by atoms with E-state index in [1.54, 1.807) is 49.2 Å². The SMILES string of the molecule is CC(C)=CCN1CN(Cl)c2c1c(=O)n(C(C)C(=O)c1ccccc1)c(=O)n2C. The minimum atomic E-state index is -0.937. The van der Waals surface area contributed by atoms with Crippen LogP contribution in [0.2, 0.25) is 0 Å². The molecule has 1 atom stereocenters. The van der Waals surface area contributed by atoms with Crippen molar-refractivity contribution >= 4 is 29.1 Å². The van der Waals surface area contributed by atoms with Crippen LogP contribution in [-0.4, -0.2) is 28.1 Å². The number of hydrogen-bond acceptors (Lipinski definition) is 5. The molecule has 2 heterocycles. The first-order chi connectivity index (χ1) is 13.2. The number of benzene rings is 1. The van der Waals surface area contributed by atoms with Crippen LogP contribution in [-0.2, 0) is 7.05 Å². The van der Waals surface area contributed by atoms with Crippen LogP contribution < -0.4 is 20.6 Å². The van der Waals surface area contributed by atoms with E-state index in [4.69, 9.17) is 11.8 Å². The van der Waals surface area contributed by atoms with Gasteiger partial charge in [-0.15, -0.1) is 0 Å². The molecule has 7 nitrogen and oxygen atoms in total. The first kappa shape index (κ1) is 19.9. The first-order valence-electron chi connectivity index (χ1n) is 9.00. The van der Waals surface area contributed by atoms with Gasteiger partial charge < -0.3 is 4.90 Å². The summed E-state index contributed by atoms with van der Waals surface area (Å²) in [6, 6.07) is 7.70. The van der Waals surface area contributed by atoms with Gasteiger partial charge >= 0.3 is 5.69 Å². The van der Waals surface area contributed by atoms with E-state index in [1.165, 1.54) is 8.99 Å². The van der Waals surface area contributed by atoms with Gasteiger partial charge in [-0.1, -0.05) is 42.0 Å². The Kier molecular flexibility index (Phi) is 5.47. The highest BCUT2D eigenvalue weighted by atomic mass is 35.5. The number of Topliss-reactive ketones (excluding diaryl/α,β-unsaturated/α-hetero) is 1. The number of carbonyl (C=O) groups excluding carboxylic acids is 1. The topological polar surface area (TPSA) is 67.5 Å². The van der Waals surface area contributed by atoms with Crippen molar-refractivity contribution < 1.29 is 4.79 Å². The number of nitrogens with zero attached hydrogens (tertiary/aromatic N) is 4. The molecule has 28 heavy (non-hydrogen) atoms. The molecule has 0 N–H and O–H groups in total. The zero-order valence-corrected chi connectivity index (χ0v) is 17.1. The average molecular weight is 403 g/mol. The smallest absolute Gasteiger partial charge is 0.333 e. The maximum atomic E-state index is 13.3. The van der Waals surface area contributed by atoms with Crippen LogP contribution in [0, 0.1) is 0 Å². The number of hydrogen-bond donors (Lipinski definition) is 0. The van der Waals surface area contributed by atoms with Crippen LogP contribution in [0.25, 0.3) is 0 Å². The molecule has 0 amide bonds. The molecule has 0 aliphatic carbocycles. The van der Waals surface area contributed by atoms with Gasteiger partial charge in [0.15, 0.2) is 11.6 Å². The van der Waals surface area contributed by atoms with E-state index in [1.807, 2.05) is 19.9 Å². The van der Waals surface area contributed by atoms with Crippen LogP contribution >= 0.6 is 11.8 Å². The second kappa shape index (κ2) is 7.67. The van der Waals surface area contributed by atoms with Gasteiger partial charge in [0.05, 0.1) is 0 Å². The highest BCUT2D eigenvalue weighted by molar-refractivity contribution is 6.27. The van der Waals surface area contributed by atoms with Gasteiger partial charge in [-0.25, -0.2) is 13.8 Å². The summed E-state index contributed by atoms with van der Waals surface area (Å²) in [5.41, 5.74) is 0.787. The van der Waals surface area contributed by atoms with Gasteiger partial charge in [-0.05, 0) is 20.8 Å². The molecule has 0 saturated heterocycles. The Balaban J connectivity index is 2.14. The molecule has 0 spiro atoms. The molecule has 1 aromatic carbocycles. The Morgan fingerprint density at radius 2 is 1.86 bits per heavy atom. The first-order valence-corrected chi connectivity index (χ1v) is 9.34. The molecule has 0 bridgehead atoms. The summed E-state index contributed by atoms with van der Waals surface area (Å²) in [5, 5.41) is 0. The number of halogens is 1. The quantitative estimate of drug-likeness (QED) is 0.437. The fraction of sp³-hybridized carbons (Fsp3) is 0.350. The number of aromatic nitrogens is 2. The number of ketones is 1. The molecule has 3 rings (SSSR count). The molecule has 2 aromatic rings. The molecular formula is C20H23ClN4O3. The lowest BCUT2D eigenvalue weighted by atomic mass is 10.1. The zero-order chi connectivity index (χ0) is 20.6. The summed E-state index contributed by atoms with van der Waals surface area (Å²) in [5.74, 6) is 0.0470. The van der Waals surface area contributed by atoms with Crippen molar-refractivity contribution in [2.45, 2.75) is 26.8 Å². The second-order valence-corrected chi connectivity index (χ2v) is 7.51. The van der Waals surface area contributed by atoms with Crippen LogP contribution in [0.5, 0.6) is 0 Å². The molecule has 0 fully saturated rings. The molecule has 1 unspecified atom stereocenters. The number of carbonyl (C=O) groups is 1. The lowest BCUT2D eigenvalue weighted by Crippen LogP contribution is -2.44. The standard InChI is InChI=1S/C20H23ClN4O3/c1-13(2)10-11-23-12-24(21)18-16(23)19(27)25(20(28)22(18)4)14(3)17(26)15-8-6-5-7-9-15/h5-10,14H,11-12H2,1-4H3. The third-order valence-corrected chi connectivity index (χ3v) is 5.10. The number of allylic oxidation sites excluding steroid dienone is 1. The lowest BCUT2D eigenvalue weighted by Gasteiger charge is -2.19. The summed E-state index contributed by atoms with van der Waals surface area (Å²) in [7, 11) is 1.55. The molecule has 1 aliphatic rings. The highest BCUT2D eigenvalue weighted by Crippen LogP contribution is 2.33. The van der Waals surface area contributed by atoms with Crippen LogP contribution in [0.1, 0.15) is 37.2 Å². The van der Waals surface area contributed by atoms with Gasteiger partial charge in [0.25, 0.3) is 5.56 Å². The van der Waals surface area contributed by atoms with E-state index in [9.17, 15) is 14.4 Å².